The summed E-state index contributed by atoms with van der Waals surface area (Å²) >= 11 is 1.56. The van der Waals surface area contributed by atoms with Crippen molar-refractivity contribution in [1.29, 1.82) is 0 Å². The third-order valence-electron chi connectivity index (χ3n) is 2.20. The van der Waals surface area contributed by atoms with Gasteiger partial charge in [-0.1, -0.05) is 11.8 Å². The third kappa shape index (κ3) is 3.23. The Morgan fingerprint density at radius 2 is 2.44 bits per heavy atom. The van der Waals surface area contributed by atoms with Gasteiger partial charge in [-0.15, -0.1) is 11.3 Å². The van der Waals surface area contributed by atoms with Crippen LogP contribution in [0.25, 0.3) is 0 Å². The van der Waals surface area contributed by atoms with E-state index in [0.29, 0.717) is 18.7 Å². The Labute approximate surface area is 109 Å². The number of nitrogens with one attached hydrogen (secondary N) is 1. The van der Waals surface area contributed by atoms with Crippen LogP contribution in [-0.2, 0) is 6.54 Å². The Bertz CT molecular complexity index is 576. The van der Waals surface area contributed by atoms with Crippen molar-refractivity contribution < 1.29 is 9.21 Å². The Balaban J connectivity index is 1.90. The van der Waals surface area contributed by atoms with Crippen molar-refractivity contribution >= 4 is 17.2 Å². The van der Waals surface area contributed by atoms with E-state index >= 15 is 0 Å². The Hall–Kier alpha value is -2.03. The summed E-state index contributed by atoms with van der Waals surface area (Å²) in [7, 11) is 0. The number of thiophene rings is 1. The highest BCUT2D eigenvalue weighted by molar-refractivity contribution is 7.10. The van der Waals surface area contributed by atoms with Crippen molar-refractivity contribution in [3.63, 3.8) is 0 Å². The fourth-order valence-electron chi connectivity index (χ4n) is 1.36. The lowest BCUT2D eigenvalue weighted by molar-refractivity contribution is 0.0950. The lowest BCUT2D eigenvalue weighted by Crippen LogP contribution is -2.21. The van der Waals surface area contributed by atoms with Crippen molar-refractivity contribution in [2.45, 2.75) is 6.54 Å². The molecule has 0 bridgehead atoms. The van der Waals surface area contributed by atoms with E-state index in [1.165, 1.54) is 12.5 Å². The second kappa shape index (κ2) is 6.05. The van der Waals surface area contributed by atoms with E-state index in [1.54, 1.807) is 17.4 Å². The molecule has 0 radical (unpaired) electrons. The maximum atomic E-state index is 11.6. The van der Waals surface area contributed by atoms with Crippen LogP contribution in [0.2, 0.25) is 0 Å². The average Bonchev–Trinajstić information content (AvgIpc) is 3.04. The molecule has 2 heterocycles. The van der Waals surface area contributed by atoms with Crippen LogP contribution in [0.4, 0.5) is 0 Å². The van der Waals surface area contributed by atoms with Crippen LogP contribution in [0.5, 0.6) is 0 Å². The van der Waals surface area contributed by atoms with Gasteiger partial charge >= 0.3 is 0 Å². The average molecular weight is 260 g/mol. The molecule has 0 aliphatic heterocycles. The number of hydrogen-bond donors (Lipinski definition) is 2. The van der Waals surface area contributed by atoms with Gasteiger partial charge in [0.2, 0.25) is 0 Å². The molecule has 4 nitrogen and oxygen atoms in total. The minimum absolute atomic E-state index is 0.147. The van der Waals surface area contributed by atoms with Gasteiger partial charge in [-0.05, 0) is 12.1 Å². The first kappa shape index (κ1) is 12.4. The lowest BCUT2D eigenvalue weighted by Gasteiger charge is -2.00. The highest BCUT2D eigenvalue weighted by atomic mass is 32.1. The normalized spacial score (nSPS) is 9.61. The van der Waals surface area contributed by atoms with Gasteiger partial charge < -0.3 is 15.5 Å². The highest BCUT2D eigenvalue weighted by Crippen LogP contribution is 2.13. The van der Waals surface area contributed by atoms with Crippen LogP contribution in [-0.4, -0.2) is 12.5 Å². The summed E-state index contributed by atoms with van der Waals surface area (Å²) in [4.78, 5) is 12.7. The maximum absolute atomic E-state index is 11.6. The van der Waals surface area contributed by atoms with Crippen molar-refractivity contribution in [1.82, 2.24) is 5.32 Å². The van der Waals surface area contributed by atoms with Crippen LogP contribution >= 0.6 is 11.3 Å². The smallest absolute Gasteiger partial charge is 0.254 e. The van der Waals surface area contributed by atoms with E-state index in [1.807, 2.05) is 11.4 Å². The number of carbonyl (C=O) groups excluding carboxylic acids is 1. The van der Waals surface area contributed by atoms with Gasteiger partial charge in [-0.2, -0.15) is 0 Å². The molecule has 0 spiro atoms. The molecule has 0 aromatic carbocycles. The van der Waals surface area contributed by atoms with Crippen LogP contribution < -0.4 is 11.1 Å². The molecule has 2 aromatic rings. The standard InChI is InChI=1S/C13H12N2O2S/c14-4-1-2-10-6-12(18-9-10)7-15-13(16)11-3-5-17-8-11/h3,5-6,8-9H,4,7,14H2,(H,15,16). The number of carbonyl (C=O) groups is 1. The van der Waals surface area contributed by atoms with Gasteiger partial charge in [0.1, 0.15) is 6.26 Å². The van der Waals surface area contributed by atoms with Gasteiger partial charge in [0.05, 0.1) is 24.9 Å². The second-order valence-electron chi connectivity index (χ2n) is 3.50. The Morgan fingerprint density at radius 3 is 3.17 bits per heavy atom. The summed E-state index contributed by atoms with van der Waals surface area (Å²) in [6.07, 6.45) is 2.89. The fraction of sp³-hybridized carbons (Fsp3) is 0.154. The molecule has 0 saturated carbocycles. The molecule has 18 heavy (non-hydrogen) atoms. The summed E-state index contributed by atoms with van der Waals surface area (Å²) in [6.45, 7) is 0.835. The Morgan fingerprint density at radius 1 is 1.56 bits per heavy atom. The maximum Gasteiger partial charge on any atom is 0.254 e. The molecule has 0 fully saturated rings. The van der Waals surface area contributed by atoms with E-state index in [0.717, 1.165) is 10.4 Å². The zero-order valence-corrected chi connectivity index (χ0v) is 10.4. The molecule has 3 N–H and O–H groups in total. The van der Waals surface area contributed by atoms with Crippen LogP contribution in [0, 0.1) is 11.8 Å². The van der Waals surface area contributed by atoms with Gasteiger partial charge in [0.25, 0.3) is 5.91 Å². The van der Waals surface area contributed by atoms with Crippen molar-refractivity contribution in [2.75, 3.05) is 6.54 Å². The van der Waals surface area contributed by atoms with E-state index in [2.05, 4.69) is 17.2 Å². The quantitative estimate of drug-likeness (QED) is 0.823. The minimum Gasteiger partial charge on any atom is -0.472 e. The summed E-state index contributed by atoms with van der Waals surface area (Å²) in [5.74, 6) is 5.59. The Kier molecular flexibility index (Phi) is 4.18. The molecule has 2 rings (SSSR count). The number of rotatable bonds is 3. The predicted octanol–water partition coefficient (Wildman–Crippen LogP) is 1.58. The first-order valence-electron chi connectivity index (χ1n) is 5.36. The van der Waals surface area contributed by atoms with Crippen LogP contribution in [0.1, 0.15) is 20.8 Å². The molecule has 0 atom stereocenters. The number of nitrogens with two attached hydrogens (primary N) is 1. The van der Waals surface area contributed by atoms with E-state index in [9.17, 15) is 4.79 Å². The number of hydrogen-bond acceptors (Lipinski definition) is 4. The molecule has 0 unspecified atom stereocenters. The molecular weight excluding hydrogens is 248 g/mol. The van der Waals surface area contributed by atoms with Crippen LogP contribution in [0.3, 0.4) is 0 Å². The van der Waals surface area contributed by atoms with Crippen molar-refractivity contribution in [3.8, 4) is 11.8 Å². The second-order valence-corrected chi connectivity index (χ2v) is 4.50. The predicted molar refractivity (Wildman–Crippen MR) is 70.1 cm³/mol. The molecule has 1 amide bonds. The summed E-state index contributed by atoms with van der Waals surface area (Å²) in [5, 5.41) is 4.76. The fourth-order valence-corrected chi connectivity index (χ4v) is 2.11. The van der Waals surface area contributed by atoms with Gasteiger partial charge in [-0.25, -0.2) is 0 Å². The van der Waals surface area contributed by atoms with Gasteiger partial charge in [0, 0.05) is 15.8 Å². The summed E-state index contributed by atoms with van der Waals surface area (Å²) < 4.78 is 4.85. The largest absolute Gasteiger partial charge is 0.472 e. The first-order chi connectivity index (χ1) is 8.79. The summed E-state index contributed by atoms with van der Waals surface area (Å²) in [5.41, 5.74) is 6.75. The number of amides is 1. The molecule has 92 valence electrons. The topological polar surface area (TPSA) is 68.3 Å². The molecule has 5 heteroatoms. The monoisotopic (exact) mass is 260 g/mol. The molecule has 0 aliphatic rings. The molecule has 0 aliphatic carbocycles. The number of furan rings is 1. The van der Waals surface area contributed by atoms with E-state index < -0.39 is 0 Å². The summed E-state index contributed by atoms with van der Waals surface area (Å²) in [6, 6.07) is 3.57. The first-order valence-corrected chi connectivity index (χ1v) is 6.24. The van der Waals surface area contributed by atoms with Crippen molar-refractivity contribution in [3.05, 3.63) is 46.0 Å². The third-order valence-corrected chi connectivity index (χ3v) is 3.13. The van der Waals surface area contributed by atoms with Crippen molar-refractivity contribution in [2.24, 2.45) is 5.73 Å². The van der Waals surface area contributed by atoms with Gasteiger partial charge in [0.15, 0.2) is 0 Å². The molecule has 2 aromatic heterocycles. The SMILES string of the molecule is NCC#Cc1csc(CNC(=O)c2ccoc2)c1. The van der Waals surface area contributed by atoms with E-state index in [-0.39, 0.29) is 5.91 Å². The lowest BCUT2D eigenvalue weighted by atomic mass is 10.3. The minimum atomic E-state index is -0.147. The highest BCUT2D eigenvalue weighted by Gasteiger charge is 2.06. The zero-order valence-electron chi connectivity index (χ0n) is 9.60. The van der Waals surface area contributed by atoms with Gasteiger partial charge in [-0.3, -0.25) is 4.79 Å². The van der Waals surface area contributed by atoms with E-state index in [4.69, 9.17) is 10.2 Å². The zero-order chi connectivity index (χ0) is 12.8. The van der Waals surface area contributed by atoms with Crippen LogP contribution in [0.15, 0.2) is 34.5 Å². The molecular formula is C13H12N2O2S. The molecule has 0 saturated heterocycles.